The predicted molar refractivity (Wildman–Crippen MR) is 99.0 cm³/mol. The number of amides is 1. The quantitative estimate of drug-likeness (QED) is 0.883. The van der Waals surface area contributed by atoms with E-state index in [-0.39, 0.29) is 5.91 Å². The SMILES string of the molecule is Cc1cc(CCNC(=O)c2cccc(N(C)C)c2)c(C)n1C1CC1. The van der Waals surface area contributed by atoms with Crippen molar-refractivity contribution < 1.29 is 4.79 Å². The minimum atomic E-state index is -0.00491. The van der Waals surface area contributed by atoms with Crippen molar-refractivity contribution in [3.05, 3.63) is 52.8 Å². The minimum Gasteiger partial charge on any atom is -0.378 e. The van der Waals surface area contributed by atoms with Gasteiger partial charge in [0.15, 0.2) is 0 Å². The zero-order valence-corrected chi connectivity index (χ0v) is 15.1. The Bertz CT molecular complexity index is 741. The van der Waals surface area contributed by atoms with Gasteiger partial charge in [0.05, 0.1) is 0 Å². The summed E-state index contributed by atoms with van der Waals surface area (Å²) in [4.78, 5) is 14.4. The van der Waals surface area contributed by atoms with Crippen molar-refractivity contribution in [3.8, 4) is 0 Å². The molecule has 1 heterocycles. The normalized spacial score (nSPS) is 13.8. The molecule has 1 fully saturated rings. The van der Waals surface area contributed by atoms with Crippen molar-refractivity contribution in [2.75, 3.05) is 25.5 Å². The second-order valence-electron chi connectivity index (χ2n) is 6.95. The molecular formula is C20H27N3O. The molecule has 1 aromatic heterocycles. The van der Waals surface area contributed by atoms with Gasteiger partial charge in [-0.1, -0.05) is 6.07 Å². The maximum absolute atomic E-state index is 12.4. The van der Waals surface area contributed by atoms with Gasteiger partial charge in [0.2, 0.25) is 0 Å². The summed E-state index contributed by atoms with van der Waals surface area (Å²) < 4.78 is 2.46. The molecule has 0 aliphatic heterocycles. The van der Waals surface area contributed by atoms with Gasteiger partial charge in [0, 0.05) is 49.3 Å². The van der Waals surface area contributed by atoms with E-state index in [1.807, 2.05) is 43.3 Å². The zero-order chi connectivity index (χ0) is 17.3. The van der Waals surface area contributed by atoms with Gasteiger partial charge < -0.3 is 14.8 Å². The molecule has 0 bridgehead atoms. The maximum atomic E-state index is 12.4. The predicted octanol–water partition coefficient (Wildman–Crippen LogP) is 3.48. The first-order chi connectivity index (χ1) is 11.5. The first-order valence-corrected chi connectivity index (χ1v) is 8.70. The largest absolute Gasteiger partial charge is 0.378 e. The molecule has 4 heteroatoms. The van der Waals surface area contributed by atoms with Gasteiger partial charge in [-0.15, -0.1) is 0 Å². The molecule has 0 unspecified atom stereocenters. The fraction of sp³-hybridized carbons (Fsp3) is 0.450. The number of hydrogen-bond donors (Lipinski definition) is 1. The molecule has 2 aromatic rings. The van der Waals surface area contributed by atoms with E-state index in [1.54, 1.807) is 0 Å². The van der Waals surface area contributed by atoms with Crippen molar-refractivity contribution >= 4 is 11.6 Å². The number of hydrogen-bond acceptors (Lipinski definition) is 2. The van der Waals surface area contributed by atoms with E-state index in [0.29, 0.717) is 18.2 Å². The average molecular weight is 325 g/mol. The summed E-state index contributed by atoms with van der Waals surface area (Å²) in [5.41, 5.74) is 5.80. The number of benzene rings is 1. The number of rotatable bonds is 6. The van der Waals surface area contributed by atoms with Crippen LogP contribution < -0.4 is 10.2 Å². The maximum Gasteiger partial charge on any atom is 0.251 e. The highest BCUT2D eigenvalue weighted by Gasteiger charge is 2.26. The van der Waals surface area contributed by atoms with Crippen LogP contribution in [0.5, 0.6) is 0 Å². The number of carbonyl (C=O) groups is 1. The zero-order valence-electron chi connectivity index (χ0n) is 15.1. The fourth-order valence-corrected chi connectivity index (χ4v) is 3.33. The standard InChI is InChI=1S/C20H27N3O/c1-14-12-16(15(2)23(14)18-8-9-18)10-11-21-20(24)17-6-5-7-19(13-17)22(3)4/h5-7,12-13,18H,8-11H2,1-4H3,(H,21,24). The summed E-state index contributed by atoms with van der Waals surface area (Å²) in [6.07, 6.45) is 3.48. The van der Waals surface area contributed by atoms with Crippen LogP contribution in [0.2, 0.25) is 0 Å². The Kier molecular flexibility index (Phi) is 4.65. The Morgan fingerprint density at radius 3 is 2.67 bits per heavy atom. The van der Waals surface area contributed by atoms with Gasteiger partial charge >= 0.3 is 0 Å². The van der Waals surface area contributed by atoms with Crippen LogP contribution in [0.3, 0.4) is 0 Å². The summed E-state index contributed by atoms with van der Waals surface area (Å²) in [5, 5.41) is 3.05. The van der Waals surface area contributed by atoms with Crippen molar-refractivity contribution in [1.82, 2.24) is 9.88 Å². The molecule has 1 N–H and O–H groups in total. The summed E-state index contributed by atoms with van der Waals surface area (Å²) in [5.74, 6) is -0.00491. The number of nitrogens with zero attached hydrogens (tertiary/aromatic N) is 2. The first kappa shape index (κ1) is 16.6. The molecule has 128 valence electrons. The van der Waals surface area contributed by atoms with Gasteiger partial charge in [-0.2, -0.15) is 0 Å². The number of nitrogens with one attached hydrogen (secondary N) is 1. The van der Waals surface area contributed by atoms with Crippen molar-refractivity contribution in [3.63, 3.8) is 0 Å². The van der Waals surface area contributed by atoms with Gasteiger partial charge in [-0.05, 0) is 62.9 Å². The lowest BCUT2D eigenvalue weighted by molar-refractivity contribution is 0.0954. The lowest BCUT2D eigenvalue weighted by Gasteiger charge is -2.13. The summed E-state index contributed by atoms with van der Waals surface area (Å²) in [6, 6.07) is 10.7. The van der Waals surface area contributed by atoms with Crippen LogP contribution in [-0.4, -0.2) is 31.1 Å². The van der Waals surface area contributed by atoms with Gasteiger partial charge in [-0.25, -0.2) is 0 Å². The Labute approximate surface area is 144 Å². The number of anilines is 1. The Morgan fingerprint density at radius 2 is 2.00 bits per heavy atom. The molecule has 0 radical (unpaired) electrons. The highest BCUT2D eigenvalue weighted by molar-refractivity contribution is 5.95. The molecule has 0 saturated heterocycles. The lowest BCUT2D eigenvalue weighted by atomic mass is 10.1. The Balaban J connectivity index is 1.59. The molecule has 4 nitrogen and oxygen atoms in total. The van der Waals surface area contributed by atoms with E-state index in [1.165, 1.54) is 29.8 Å². The Hall–Kier alpha value is -2.23. The van der Waals surface area contributed by atoms with Crippen LogP contribution in [0.25, 0.3) is 0 Å². The van der Waals surface area contributed by atoms with E-state index in [2.05, 4.69) is 29.8 Å². The lowest BCUT2D eigenvalue weighted by Crippen LogP contribution is -2.26. The molecule has 0 spiro atoms. The third-order valence-corrected chi connectivity index (χ3v) is 4.81. The summed E-state index contributed by atoms with van der Waals surface area (Å²) >= 11 is 0. The van der Waals surface area contributed by atoms with Crippen LogP contribution in [0.15, 0.2) is 30.3 Å². The molecule has 0 atom stereocenters. The van der Waals surface area contributed by atoms with Gasteiger partial charge in [0.1, 0.15) is 0 Å². The topological polar surface area (TPSA) is 37.3 Å². The van der Waals surface area contributed by atoms with E-state index in [0.717, 1.165) is 12.1 Å². The molecule has 1 aliphatic carbocycles. The van der Waals surface area contributed by atoms with Crippen molar-refractivity contribution in [2.24, 2.45) is 0 Å². The molecular weight excluding hydrogens is 298 g/mol. The molecule has 24 heavy (non-hydrogen) atoms. The third kappa shape index (κ3) is 3.48. The summed E-state index contributed by atoms with van der Waals surface area (Å²) in [7, 11) is 3.96. The molecule has 1 aromatic carbocycles. The van der Waals surface area contributed by atoms with Gasteiger partial charge in [0.25, 0.3) is 5.91 Å². The van der Waals surface area contributed by atoms with Crippen LogP contribution in [0.4, 0.5) is 5.69 Å². The second kappa shape index (κ2) is 6.71. The third-order valence-electron chi connectivity index (χ3n) is 4.81. The van der Waals surface area contributed by atoms with Crippen LogP contribution in [0.1, 0.15) is 46.2 Å². The molecule has 1 aliphatic rings. The van der Waals surface area contributed by atoms with E-state index in [4.69, 9.17) is 0 Å². The van der Waals surface area contributed by atoms with Crippen molar-refractivity contribution in [2.45, 2.75) is 39.2 Å². The minimum absolute atomic E-state index is 0.00491. The molecule has 3 rings (SSSR count). The van der Waals surface area contributed by atoms with Crippen LogP contribution in [-0.2, 0) is 6.42 Å². The highest BCUT2D eigenvalue weighted by Crippen LogP contribution is 2.38. The molecule has 1 amide bonds. The van der Waals surface area contributed by atoms with E-state index in [9.17, 15) is 4.79 Å². The average Bonchev–Trinajstić information content (AvgIpc) is 3.34. The summed E-state index contributed by atoms with van der Waals surface area (Å²) in [6.45, 7) is 5.04. The Morgan fingerprint density at radius 1 is 1.25 bits per heavy atom. The monoisotopic (exact) mass is 325 g/mol. The van der Waals surface area contributed by atoms with Crippen molar-refractivity contribution in [1.29, 1.82) is 0 Å². The number of carbonyl (C=O) groups excluding carboxylic acids is 1. The van der Waals surface area contributed by atoms with E-state index >= 15 is 0 Å². The number of aryl methyl sites for hydroxylation is 1. The van der Waals surface area contributed by atoms with Gasteiger partial charge in [-0.3, -0.25) is 4.79 Å². The van der Waals surface area contributed by atoms with Crippen LogP contribution in [0, 0.1) is 13.8 Å². The first-order valence-electron chi connectivity index (χ1n) is 8.70. The smallest absolute Gasteiger partial charge is 0.251 e. The molecule has 1 saturated carbocycles. The van der Waals surface area contributed by atoms with Crippen LogP contribution >= 0.6 is 0 Å². The second-order valence-corrected chi connectivity index (χ2v) is 6.95. The number of aromatic nitrogens is 1. The van der Waals surface area contributed by atoms with E-state index < -0.39 is 0 Å². The fourth-order valence-electron chi connectivity index (χ4n) is 3.33. The highest BCUT2D eigenvalue weighted by atomic mass is 16.1.